The second-order valence-corrected chi connectivity index (χ2v) is 8.10. The standard InChI is InChI=1S/C28H30N2/c1-2-3-4-6-15-23(20-22-13-7-5-8-14-22)21-29-30-28-26-18-11-9-16-24(26)25-17-10-12-19-27(25)28/h5,7-14,16-19,21,23H,2-4,6,15,20H2,1H3. The zero-order valence-corrected chi connectivity index (χ0v) is 17.8. The number of hydrogen-bond donors (Lipinski definition) is 0. The number of nitrogens with zero attached hydrogens (tertiary/aromatic N) is 2. The highest BCUT2D eigenvalue weighted by atomic mass is 15.2. The average molecular weight is 395 g/mol. The van der Waals surface area contributed by atoms with E-state index in [1.165, 1.54) is 53.5 Å². The number of fused-ring (bicyclic) bond motifs is 3. The van der Waals surface area contributed by atoms with Gasteiger partial charge in [0.15, 0.2) is 0 Å². The van der Waals surface area contributed by atoms with Gasteiger partial charge in [0.05, 0.1) is 0 Å². The van der Waals surface area contributed by atoms with Crippen molar-refractivity contribution in [3.63, 3.8) is 0 Å². The van der Waals surface area contributed by atoms with Crippen molar-refractivity contribution in [2.24, 2.45) is 16.1 Å². The van der Waals surface area contributed by atoms with E-state index in [4.69, 9.17) is 5.10 Å². The van der Waals surface area contributed by atoms with Crippen molar-refractivity contribution in [2.75, 3.05) is 0 Å². The summed E-state index contributed by atoms with van der Waals surface area (Å²) in [5.41, 5.74) is 7.22. The van der Waals surface area contributed by atoms with Crippen molar-refractivity contribution in [2.45, 2.75) is 45.4 Å². The summed E-state index contributed by atoms with van der Waals surface area (Å²) < 4.78 is 0. The molecule has 0 fully saturated rings. The van der Waals surface area contributed by atoms with Crippen LogP contribution in [0.5, 0.6) is 0 Å². The highest BCUT2D eigenvalue weighted by molar-refractivity contribution is 6.24. The molecule has 0 N–H and O–H groups in total. The molecule has 0 spiro atoms. The first-order valence-corrected chi connectivity index (χ1v) is 11.2. The Labute approximate surface area is 180 Å². The Morgan fingerprint density at radius 3 is 1.93 bits per heavy atom. The highest BCUT2D eigenvalue weighted by Crippen LogP contribution is 2.36. The summed E-state index contributed by atoms with van der Waals surface area (Å²) in [5.74, 6) is 0.417. The molecule has 4 rings (SSSR count). The summed E-state index contributed by atoms with van der Waals surface area (Å²) in [4.78, 5) is 0. The Balaban J connectivity index is 1.55. The number of benzene rings is 3. The summed E-state index contributed by atoms with van der Waals surface area (Å²) in [6.07, 6.45) is 9.39. The van der Waals surface area contributed by atoms with E-state index in [1.54, 1.807) is 0 Å². The lowest BCUT2D eigenvalue weighted by Crippen LogP contribution is -2.07. The van der Waals surface area contributed by atoms with Crippen LogP contribution < -0.4 is 0 Å². The van der Waals surface area contributed by atoms with Crippen molar-refractivity contribution in [3.05, 3.63) is 95.6 Å². The van der Waals surface area contributed by atoms with E-state index in [2.05, 4.69) is 97.1 Å². The summed E-state index contributed by atoms with van der Waals surface area (Å²) in [6.45, 7) is 2.26. The molecule has 30 heavy (non-hydrogen) atoms. The van der Waals surface area contributed by atoms with Gasteiger partial charge in [-0.2, -0.15) is 10.2 Å². The second-order valence-electron chi connectivity index (χ2n) is 8.10. The normalized spacial score (nSPS) is 13.3. The molecule has 1 aliphatic carbocycles. The van der Waals surface area contributed by atoms with Crippen molar-refractivity contribution in [1.29, 1.82) is 0 Å². The minimum Gasteiger partial charge on any atom is -0.163 e. The molecule has 1 unspecified atom stereocenters. The van der Waals surface area contributed by atoms with Crippen LogP contribution >= 0.6 is 0 Å². The molecule has 3 aromatic rings. The first-order chi connectivity index (χ1) is 14.9. The molecule has 0 radical (unpaired) electrons. The van der Waals surface area contributed by atoms with Gasteiger partial charge in [-0.15, -0.1) is 0 Å². The molecule has 0 saturated carbocycles. The largest absolute Gasteiger partial charge is 0.163 e. The van der Waals surface area contributed by atoms with E-state index in [0.29, 0.717) is 5.92 Å². The lowest BCUT2D eigenvalue weighted by molar-refractivity contribution is 0.555. The van der Waals surface area contributed by atoms with Crippen LogP contribution in [0.1, 0.15) is 55.7 Å². The monoisotopic (exact) mass is 394 g/mol. The molecule has 0 aromatic heterocycles. The van der Waals surface area contributed by atoms with Crippen LogP contribution in [-0.4, -0.2) is 11.9 Å². The fourth-order valence-electron chi connectivity index (χ4n) is 4.27. The Morgan fingerprint density at radius 2 is 1.30 bits per heavy atom. The van der Waals surface area contributed by atoms with Gasteiger partial charge in [0, 0.05) is 23.3 Å². The third-order valence-corrected chi connectivity index (χ3v) is 5.86. The van der Waals surface area contributed by atoms with Gasteiger partial charge in [0.25, 0.3) is 0 Å². The van der Waals surface area contributed by atoms with Crippen molar-refractivity contribution in [1.82, 2.24) is 0 Å². The first kappa shape index (κ1) is 20.3. The second kappa shape index (κ2) is 10.2. The third-order valence-electron chi connectivity index (χ3n) is 5.86. The van der Waals surface area contributed by atoms with Gasteiger partial charge < -0.3 is 0 Å². The van der Waals surface area contributed by atoms with Crippen LogP contribution in [0.4, 0.5) is 0 Å². The van der Waals surface area contributed by atoms with E-state index in [-0.39, 0.29) is 0 Å². The fraction of sp³-hybridized carbons (Fsp3) is 0.286. The van der Waals surface area contributed by atoms with Gasteiger partial charge in [0.1, 0.15) is 5.71 Å². The van der Waals surface area contributed by atoms with Gasteiger partial charge in [-0.1, -0.05) is 111 Å². The van der Waals surface area contributed by atoms with Crippen molar-refractivity contribution in [3.8, 4) is 11.1 Å². The zero-order chi connectivity index (χ0) is 20.6. The zero-order valence-electron chi connectivity index (χ0n) is 17.8. The van der Waals surface area contributed by atoms with Gasteiger partial charge in [-0.05, 0) is 29.5 Å². The molecule has 0 heterocycles. The number of rotatable bonds is 9. The lowest BCUT2D eigenvalue weighted by Gasteiger charge is -2.11. The molecule has 0 saturated heterocycles. The maximum Gasteiger partial charge on any atom is 0.101 e. The molecule has 2 heteroatoms. The smallest absolute Gasteiger partial charge is 0.101 e. The van der Waals surface area contributed by atoms with Crippen LogP contribution in [0.25, 0.3) is 11.1 Å². The van der Waals surface area contributed by atoms with Crippen LogP contribution in [0.3, 0.4) is 0 Å². The third kappa shape index (κ3) is 4.76. The topological polar surface area (TPSA) is 24.7 Å². The molecule has 2 nitrogen and oxygen atoms in total. The van der Waals surface area contributed by atoms with Crippen LogP contribution in [-0.2, 0) is 6.42 Å². The van der Waals surface area contributed by atoms with Gasteiger partial charge in [-0.25, -0.2) is 0 Å². The molecule has 1 aliphatic rings. The van der Waals surface area contributed by atoms with Crippen molar-refractivity contribution >= 4 is 11.9 Å². The SMILES string of the molecule is CCCCCCC(C=NN=C1c2ccccc2-c2ccccc21)Cc1ccccc1. The van der Waals surface area contributed by atoms with Crippen LogP contribution in [0.15, 0.2) is 89.1 Å². The predicted octanol–water partition coefficient (Wildman–Crippen LogP) is 7.32. The fourth-order valence-corrected chi connectivity index (χ4v) is 4.27. The highest BCUT2D eigenvalue weighted by Gasteiger charge is 2.23. The molecule has 0 bridgehead atoms. The van der Waals surface area contributed by atoms with Gasteiger partial charge in [-0.3, -0.25) is 0 Å². The maximum absolute atomic E-state index is 4.72. The maximum atomic E-state index is 4.72. The summed E-state index contributed by atoms with van der Waals surface area (Å²) in [7, 11) is 0. The average Bonchev–Trinajstić information content (AvgIpc) is 3.11. The minimum atomic E-state index is 0.417. The van der Waals surface area contributed by atoms with Crippen molar-refractivity contribution < 1.29 is 0 Å². The number of hydrogen-bond acceptors (Lipinski definition) is 2. The summed E-state index contributed by atoms with van der Waals surface area (Å²) in [6, 6.07) is 27.7. The van der Waals surface area contributed by atoms with E-state index in [9.17, 15) is 0 Å². The predicted molar refractivity (Wildman–Crippen MR) is 128 cm³/mol. The van der Waals surface area contributed by atoms with Gasteiger partial charge >= 0.3 is 0 Å². The molecule has 0 aliphatic heterocycles. The van der Waals surface area contributed by atoms with E-state index in [1.807, 2.05) is 0 Å². The molecule has 0 amide bonds. The van der Waals surface area contributed by atoms with Crippen LogP contribution in [0, 0.1) is 5.92 Å². The lowest BCUT2D eigenvalue weighted by atomic mass is 9.94. The number of unbranched alkanes of at least 4 members (excludes halogenated alkanes) is 3. The molecule has 3 aromatic carbocycles. The summed E-state index contributed by atoms with van der Waals surface area (Å²) in [5, 5.41) is 9.33. The Kier molecular flexibility index (Phi) is 6.87. The summed E-state index contributed by atoms with van der Waals surface area (Å²) >= 11 is 0. The van der Waals surface area contributed by atoms with Gasteiger partial charge in [0.2, 0.25) is 0 Å². The minimum absolute atomic E-state index is 0.417. The Morgan fingerprint density at radius 1 is 0.700 bits per heavy atom. The Hall–Kier alpha value is -3.00. The van der Waals surface area contributed by atoms with E-state index < -0.39 is 0 Å². The quantitative estimate of drug-likeness (QED) is 0.161. The van der Waals surface area contributed by atoms with Crippen LogP contribution in [0.2, 0.25) is 0 Å². The first-order valence-electron chi connectivity index (χ1n) is 11.2. The molecule has 1 atom stereocenters. The molecular weight excluding hydrogens is 364 g/mol. The van der Waals surface area contributed by atoms with E-state index in [0.717, 1.165) is 18.6 Å². The molecular formula is C28H30N2. The molecule has 152 valence electrons. The Bertz CT molecular complexity index is 970. The van der Waals surface area contributed by atoms with E-state index >= 15 is 0 Å².